The molecule has 116 valence electrons. The second kappa shape index (κ2) is 7.44. The molecule has 0 saturated heterocycles. The predicted molar refractivity (Wildman–Crippen MR) is 88.0 cm³/mol. The zero-order valence-corrected chi connectivity index (χ0v) is 14.0. The third-order valence-corrected chi connectivity index (χ3v) is 3.69. The third-order valence-electron chi connectivity index (χ3n) is 2.89. The fourth-order valence-corrected chi connectivity index (χ4v) is 2.62. The first kappa shape index (κ1) is 16.5. The molecule has 0 radical (unpaired) electrons. The summed E-state index contributed by atoms with van der Waals surface area (Å²) in [6, 6.07) is 9.22. The highest BCUT2D eigenvalue weighted by Crippen LogP contribution is 2.35. The van der Waals surface area contributed by atoms with E-state index in [2.05, 4.69) is 0 Å². The molecule has 2 aromatic rings. The molecule has 0 aliphatic heterocycles. The SMILES string of the molecule is CCOc1cc(C(=O)O)cc(I)c1OCc1ccccc1F. The summed E-state index contributed by atoms with van der Waals surface area (Å²) in [7, 11) is 0. The van der Waals surface area contributed by atoms with Crippen molar-refractivity contribution in [1.29, 1.82) is 0 Å². The van der Waals surface area contributed by atoms with Crippen molar-refractivity contribution in [2.75, 3.05) is 6.61 Å². The van der Waals surface area contributed by atoms with Gasteiger partial charge in [0, 0.05) is 5.56 Å². The number of carboxylic acid groups (broad SMARTS) is 1. The Labute approximate surface area is 141 Å². The van der Waals surface area contributed by atoms with Gasteiger partial charge in [-0.1, -0.05) is 18.2 Å². The summed E-state index contributed by atoms with van der Waals surface area (Å²) in [4.78, 5) is 11.1. The van der Waals surface area contributed by atoms with Crippen LogP contribution in [0.15, 0.2) is 36.4 Å². The Kier molecular flexibility index (Phi) is 5.59. The van der Waals surface area contributed by atoms with Crippen LogP contribution < -0.4 is 9.47 Å². The van der Waals surface area contributed by atoms with Crippen molar-refractivity contribution >= 4 is 28.6 Å². The summed E-state index contributed by atoms with van der Waals surface area (Å²) >= 11 is 1.97. The number of carbonyl (C=O) groups is 1. The Hall–Kier alpha value is -1.83. The minimum atomic E-state index is -1.04. The summed E-state index contributed by atoms with van der Waals surface area (Å²) < 4.78 is 25.3. The first-order chi connectivity index (χ1) is 10.5. The first-order valence-electron chi connectivity index (χ1n) is 6.58. The van der Waals surface area contributed by atoms with Crippen molar-refractivity contribution in [1.82, 2.24) is 0 Å². The number of carboxylic acids is 1. The van der Waals surface area contributed by atoms with Crippen LogP contribution in [0.4, 0.5) is 4.39 Å². The molecule has 0 bridgehead atoms. The number of aromatic carboxylic acids is 1. The lowest BCUT2D eigenvalue weighted by Gasteiger charge is -2.15. The highest BCUT2D eigenvalue weighted by Gasteiger charge is 2.16. The zero-order valence-electron chi connectivity index (χ0n) is 11.8. The topological polar surface area (TPSA) is 55.8 Å². The molecule has 0 unspecified atom stereocenters. The lowest BCUT2D eigenvalue weighted by molar-refractivity contribution is 0.0696. The van der Waals surface area contributed by atoms with Gasteiger partial charge in [0.2, 0.25) is 0 Å². The van der Waals surface area contributed by atoms with E-state index >= 15 is 0 Å². The van der Waals surface area contributed by atoms with Gasteiger partial charge in [-0.15, -0.1) is 0 Å². The minimum Gasteiger partial charge on any atom is -0.490 e. The number of hydrogen-bond acceptors (Lipinski definition) is 3. The van der Waals surface area contributed by atoms with Crippen molar-refractivity contribution < 1.29 is 23.8 Å². The van der Waals surface area contributed by atoms with E-state index in [0.717, 1.165) is 0 Å². The van der Waals surface area contributed by atoms with Crippen molar-refractivity contribution in [3.63, 3.8) is 0 Å². The van der Waals surface area contributed by atoms with Crippen LogP contribution in [0.5, 0.6) is 11.5 Å². The van der Waals surface area contributed by atoms with Crippen molar-refractivity contribution in [3.8, 4) is 11.5 Å². The van der Waals surface area contributed by atoms with Crippen LogP contribution in [-0.2, 0) is 6.61 Å². The molecule has 0 aliphatic rings. The molecule has 0 atom stereocenters. The molecule has 0 fully saturated rings. The van der Waals surface area contributed by atoms with Gasteiger partial charge in [0.1, 0.15) is 12.4 Å². The largest absolute Gasteiger partial charge is 0.490 e. The van der Waals surface area contributed by atoms with Gasteiger partial charge >= 0.3 is 5.97 Å². The van der Waals surface area contributed by atoms with E-state index < -0.39 is 5.97 Å². The molecule has 22 heavy (non-hydrogen) atoms. The van der Waals surface area contributed by atoms with Crippen molar-refractivity contribution in [2.45, 2.75) is 13.5 Å². The van der Waals surface area contributed by atoms with E-state index in [4.69, 9.17) is 14.6 Å². The zero-order chi connectivity index (χ0) is 16.1. The normalized spacial score (nSPS) is 10.3. The molecule has 0 aromatic heterocycles. The van der Waals surface area contributed by atoms with E-state index in [0.29, 0.717) is 27.2 Å². The highest BCUT2D eigenvalue weighted by molar-refractivity contribution is 14.1. The molecule has 2 rings (SSSR count). The fraction of sp³-hybridized carbons (Fsp3) is 0.188. The Morgan fingerprint density at radius 3 is 2.64 bits per heavy atom. The summed E-state index contributed by atoms with van der Waals surface area (Å²) in [5, 5.41) is 9.09. The Morgan fingerprint density at radius 2 is 2.00 bits per heavy atom. The van der Waals surface area contributed by atoms with Crippen LogP contribution in [0.2, 0.25) is 0 Å². The molecule has 4 nitrogen and oxygen atoms in total. The van der Waals surface area contributed by atoms with Gasteiger partial charge < -0.3 is 14.6 Å². The van der Waals surface area contributed by atoms with Crippen LogP contribution in [0.1, 0.15) is 22.8 Å². The van der Waals surface area contributed by atoms with Crippen LogP contribution in [0, 0.1) is 9.39 Å². The molecule has 0 amide bonds. The molecular weight excluding hydrogens is 402 g/mol. The second-order valence-electron chi connectivity index (χ2n) is 4.40. The van der Waals surface area contributed by atoms with Gasteiger partial charge in [0.15, 0.2) is 11.5 Å². The average Bonchev–Trinajstić information content (AvgIpc) is 2.48. The lowest BCUT2D eigenvalue weighted by atomic mass is 10.2. The first-order valence-corrected chi connectivity index (χ1v) is 7.66. The highest BCUT2D eigenvalue weighted by atomic mass is 127. The summed E-state index contributed by atoms with van der Waals surface area (Å²) in [6.07, 6.45) is 0. The van der Waals surface area contributed by atoms with Gasteiger partial charge in [-0.05, 0) is 47.7 Å². The summed E-state index contributed by atoms with van der Waals surface area (Å²) in [5.74, 6) is -0.643. The van der Waals surface area contributed by atoms with E-state index in [-0.39, 0.29) is 18.0 Å². The summed E-state index contributed by atoms with van der Waals surface area (Å²) in [5.41, 5.74) is 0.536. The van der Waals surface area contributed by atoms with Crippen LogP contribution in [0.3, 0.4) is 0 Å². The number of benzene rings is 2. The van der Waals surface area contributed by atoms with Gasteiger partial charge in [-0.2, -0.15) is 0 Å². The van der Waals surface area contributed by atoms with E-state index in [1.54, 1.807) is 25.1 Å². The monoisotopic (exact) mass is 416 g/mol. The molecule has 2 aromatic carbocycles. The smallest absolute Gasteiger partial charge is 0.335 e. The molecule has 6 heteroatoms. The second-order valence-corrected chi connectivity index (χ2v) is 5.57. The van der Waals surface area contributed by atoms with Gasteiger partial charge in [-0.25, -0.2) is 9.18 Å². The molecule has 0 saturated carbocycles. The standard InChI is InChI=1S/C16H14FIO4/c1-2-21-14-8-11(16(19)20)7-13(18)15(14)22-9-10-5-3-4-6-12(10)17/h3-8H,2,9H2,1H3,(H,19,20). The average molecular weight is 416 g/mol. The van der Waals surface area contributed by atoms with Gasteiger partial charge in [0.05, 0.1) is 15.7 Å². The number of rotatable bonds is 6. The molecule has 0 aliphatic carbocycles. The van der Waals surface area contributed by atoms with Crippen molar-refractivity contribution in [3.05, 3.63) is 56.9 Å². The van der Waals surface area contributed by atoms with E-state index in [1.165, 1.54) is 18.2 Å². The van der Waals surface area contributed by atoms with E-state index in [9.17, 15) is 9.18 Å². The minimum absolute atomic E-state index is 0.0369. The fourth-order valence-electron chi connectivity index (χ4n) is 1.86. The van der Waals surface area contributed by atoms with Crippen LogP contribution >= 0.6 is 22.6 Å². The molecular formula is C16H14FIO4. The Bertz CT molecular complexity index is 688. The van der Waals surface area contributed by atoms with Crippen LogP contribution in [-0.4, -0.2) is 17.7 Å². The quantitative estimate of drug-likeness (QED) is 0.721. The maximum absolute atomic E-state index is 13.6. The predicted octanol–water partition coefficient (Wildman–Crippen LogP) is 4.11. The van der Waals surface area contributed by atoms with Crippen molar-refractivity contribution in [2.24, 2.45) is 0 Å². The maximum Gasteiger partial charge on any atom is 0.335 e. The van der Waals surface area contributed by atoms with Gasteiger partial charge in [-0.3, -0.25) is 0 Å². The Balaban J connectivity index is 2.29. The molecule has 0 heterocycles. The molecule has 0 spiro atoms. The van der Waals surface area contributed by atoms with Crippen LogP contribution in [0.25, 0.3) is 0 Å². The third kappa shape index (κ3) is 3.88. The Morgan fingerprint density at radius 1 is 1.27 bits per heavy atom. The van der Waals surface area contributed by atoms with E-state index in [1.807, 2.05) is 22.6 Å². The maximum atomic E-state index is 13.6. The number of ether oxygens (including phenoxy) is 2. The lowest BCUT2D eigenvalue weighted by Crippen LogP contribution is -2.05. The number of hydrogen-bond donors (Lipinski definition) is 1. The number of halogens is 2. The van der Waals surface area contributed by atoms with Gasteiger partial charge in [0.25, 0.3) is 0 Å². The summed E-state index contributed by atoms with van der Waals surface area (Å²) in [6.45, 7) is 2.20. The molecule has 1 N–H and O–H groups in total.